The summed E-state index contributed by atoms with van der Waals surface area (Å²) in [7, 11) is 0. The van der Waals surface area contributed by atoms with Crippen LogP contribution in [0.4, 0.5) is 0 Å². The van der Waals surface area contributed by atoms with Crippen LogP contribution in [-0.2, 0) is 4.79 Å². The minimum absolute atomic E-state index is 0.268. The van der Waals surface area contributed by atoms with E-state index in [1.165, 1.54) is 0 Å². The molecule has 0 bridgehead atoms. The van der Waals surface area contributed by atoms with Crippen LogP contribution < -0.4 is 4.74 Å². The second kappa shape index (κ2) is 5.87. The summed E-state index contributed by atoms with van der Waals surface area (Å²) in [5.41, 5.74) is 1.01. The average Bonchev–Trinajstić information content (AvgIpc) is 2.42. The number of para-hydroxylation sites is 2. The standard InChI is InChI=1S/C16H14O3/c1-12(16(17)18)11-13-7-5-6-10-15(13)19-14-8-3-2-4-9-14/h2-11H,1H3,(H,17,18)/b12-11+. The molecule has 2 aromatic carbocycles. The summed E-state index contributed by atoms with van der Waals surface area (Å²) in [6.07, 6.45) is 1.60. The molecule has 0 saturated carbocycles. The van der Waals surface area contributed by atoms with Crippen LogP contribution in [0.2, 0.25) is 0 Å². The molecular weight excluding hydrogens is 240 g/mol. The predicted molar refractivity (Wildman–Crippen MR) is 74.2 cm³/mol. The average molecular weight is 254 g/mol. The molecule has 0 atom stereocenters. The van der Waals surface area contributed by atoms with E-state index in [2.05, 4.69) is 0 Å². The quantitative estimate of drug-likeness (QED) is 0.840. The van der Waals surface area contributed by atoms with Crippen molar-refractivity contribution >= 4 is 12.0 Å². The number of carboxylic acid groups (broad SMARTS) is 1. The van der Waals surface area contributed by atoms with Gasteiger partial charge < -0.3 is 9.84 Å². The van der Waals surface area contributed by atoms with Crippen LogP contribution in [0.1, 0.15) is 12.5 Å². The van der Waals surface area contributed by atoms with Gasteiger partial charge >= 0.3 is 5.97 Å². The molecule has 3 heteroatoms. The maximum atomic E-state index is 10.9. The SMILES string of the molecule is C/C(=C\c1ccccc1Oc1ccccc1)C(=O)O. The van der Waals surface area contributed by atoms with E-state index < -0.39 is 5.97 Å². The molecule has 0 heterocycles. The van der Waals surface area contributed by atoms with Gasteiger partial charge in [-0.2, -0.15) is 0 Å². The van der Waals surface area contributed by atoms with Crippen molar-refractivity contribution in [3.05, 3.63) is 65.7 Å². The van der Waals surface area contributed by atoms with Gasteiger partial charge in [0.2, 0.25) is 0 Å². The Morgan fingerprint density at radius 3 is 2.37 bits per heavy atom. The maximum absolute atomic E-state index is 10.9. The summed E-state index contributed by atoms with van der Waals surface area (Å²) in [5.74, 6) is 0.417. The van der Waals surface area contributed by atoms with Gasteiger partial charge in [-0.3, -0.25) is 0 Å². The monoisotopic (exact) mass is 254 g/mol. The van der Waals surface area contributed by atoms with Crippen LogP contribution in [0.5, 0.6) is 11.5 Å². The first-order valence-corrected chi connectivity index (χ1v) is 5.90. The van der Waals surface area contributed by atoms with Crippen molar-refractivity contribution in [2.24, 2.45) is 0 Å². The Labute approximate surface area is 111 Å². The minimum Gasteiger partial charge on any atom is -0.478 e. The Morgan fingerprint density at radius 1 is 1.05 bits per heavy atom. The van der Waals surface area contributed by atoms with E-state index >= 15 is 0 Å². The fourth-order valence-electron chi connectivity index (χ4n) is 1.60. The molecule has 0 unspecified atom stereocenters. The lowest BCUT2D eigenvalue weighted by atomic mass is 10.1. The van der Waals surface area contributed by atoms with E-state index in [0.29, 0.717) is 5.75 Å². The highest BCUT2D eigenvalue weighted by molar-refractivity contribution is 5.91. The molecule has 0 radical (unpaired) electrons. The topological polar surface area (TPSA) is 46.5 Å². The molecule has 0 aliphatic carbocycles. The molecule has 0 amide bonds. The Hall–Kier alpha value is -2.55. The van der Waals surface area contributed by atoms with E-state index in [9.17, 15) is 4.79 Å². The summed E-state index contributed by atoms with van der Waals surface area (Å²) in [6.45, 7) is 1.56. The number of hydrogen-bond donors (Lipinski definition) is 1. The van der Waals surface area contributed by atoms with Gasteiger partial charge in [-0.25, -0.2) is 4.79 Å². The third-order valence-electron chi connectivity index (χ3n) is 2.60. The van der Waals surface area contributed by atoms with Crippen LogP contribution in [0.15, 0.2) is 60.2 Å². The molecule has 19 heavy (non-hydrogen) atoms. The van der Waals surface area contributed by atoms with Crippen molar-refractivity contribution < 1.29 is 14.6 Å². The lowest BCUT2D eigenvalue weighted by Crippen LogP contribution is -1.96. The third-order valence-corrected chi connectivity index (χ3v) is 2.60. The highest BCUT2D eigenvalue weighted by atomic mass is 16.5. The third kappa shape index (κ3) is 3.45. The number of carboxylic acids is 1. The van der Waals surface area contributed by atoms with Gasteiger partial charge in [-0.05, 0) is 31.2 Å². The molecule has 3 nitrogen and oxygen atoms in total. The molecule has 0 aliphatic heterocycles. The molecule has 96 valence electrons. The Bertz CT molecular complexity index is 600. The first-order valence-electron chi connectivity index (χ1n) is 5.90. The van der Waals surface area contributed by atoms with Gasteiger partial charge in [0.15, 0.2) is 0 Å². The first-order chi connectivity index (χ1) is 9.16. The minimum atomic E-state index is -0.936. The van der Waals surface area contributed by atoms with Gasteiger partial charge in [-0.15, -0.1) is 0 Å². The molecule has 0 spiro atoms. The molecule has 1 N–H and O–H groups in total. The Morgan fingerprint density at radius 2 is 1.68 bits per heavy atom. The zero-order valence-corrected chi connectivity index (χ0v) is 10.5. The van der Waals surface area contributed by atoms with Crippen molar-refractivity contribution in [2.75, 3.05) is 0 Å². The number of rotatable bonds is 4. The van der Waals surface area contributed by atoms with E-state index in [4.69, 9.17) is 9.84 Å². The summed E-state index contributed by atoms with van der Waals surface area (Å²) in [6, 6.07) is 16.7. The molecule has 2 aromatic rings. The van der Waals surface area contributed by atoms with Crippen LogP contribution in [0, 0.1) is 0 Å². The van der Waals surface area contributed by atoms with E-state index in [-0.39, 0.29) is 5.57 Å². The van der Waals surface area contributed by atoms with Crippen molar-refractivity contribution in [1.82, 2.24) is 0 Å². The lowest BCUT2D eigenvalue weighted by Gasteiger charge is -2.08. The van der Waals surface area contributed by atoms with Crippen molar-refractivity contribution in [3.8, 4) is 11.5 Å². The molecule has 0 aromatic heterocycles. The van der Waals surface area contributed by atoms with Gasteiger partial charge in [0.25, 0.3) is 0 Å². The summed E-state index contributed by atoms with van der Waals surface area (Å²) in [5, 5.41) is 8.91. The molecule has 2 rings (SSSR count). The van der Waals surface area contributed by atoms with Crippen LogP contribution in [-0.4, -0.2) is 11.1 Å². The van der Waals surface area contributed by atoms with Crippen LogP contribution in [0.25, 0.3) is 6.08 Å². The van der Waals surface area contributed by atoms with Crippen LogP contribution in [0.3, 0.4) is 0 Å². The van der Waals surface area contributed by atoms with Crippen LogP contribution >= 0.6 is 0 Å². The fourth-order valence-corrected chi connectivity index (χ4v) is 1.60. The second-order valence-electron chi connectivity index (χ2n) is 4.09. The number of hydrogen-bond acceptors (Lipinski definition) is 2. The Balaban J connectivity index is 2.32. The van der Waals surface area contributed by atoms with Crippen molar-refractivity contribution in [2.45, 2.75) is 6.92 Å². The van der Waals surface area contributed by atoms with E-state index in [1.807, 2.05) is 54.6 Å². The van der Waals surface area contributed by atoms with Crippen molar-refractivity contribution in [1.29, 1.82) is 0 Å². The normalized spacial score (nSPS) is 11.1. The number of benzene rings is 2. The molecule has 0 fully saturated rings. The highest BCUT2D eigenvalue weighted by Gasteiger charge is 2.05. The van der Waals surface area contributed by atoms with E-state index in [1.54, 1.807) is 13.0 Å². The zero-order valence-electron chi connectivity index (χ0n) is 10.5. The number of ether oxygens (including phenoxy) is 1. The Kier molecular flexibility index (Phi) is 3.98. The summed E-state index contributed by atoms with van der Waals surface area (Å²) in [4.78, 5) is 10.9. The van der Waals surface area contributed by atoms with Gasteiger partial charge in [-0.1, -0.05) is 36.4 Å². The second-order valence-corrected chi connectivity index (χ2v) is 4.09. The molecule has 0 saturated heterocycles. The molecular formula is C16H14O3. The predicted octanol–water partition coefficient (Wildman–Crippen LogP) is 3.97. The smallest absolute Gasteiger partial charge is 0.331 e. The summed E-state index contributed by atoms with van der Waals surface area (Å²) < 4.78 is 5.75. The van der Waals surface area contributed by atoms with Gasteiger partial charge in [0.05, 0.1) is 0 Å². The summed E-state index contributed by atoms with van der Waals surface area (Å²) >= 11 is 0. The maximum Gasteiger partial charge on any atom is 0.331 e. The highest BCUT2D eigenvalue weighted by Crippen LogP contribution is 2.26. The zero-order chi connectivity index (χ0) is 13.7. The van der Waals surface area contributed by atoms with Gasteiger partial charge in [0, 0.05) is 11.1 Å². The number of aliphatic carboxylic acids is 1. The first kappa shape index (κ1) is 12.9. The van der Waals surface area contributed by atoms with Crippen molar-refractivity contribution in [3.63, 3.8) is 0 Å². The van der Waals surface area contributed by atoms with E-state index in [0.717, 1.165) is 11.3 Å². The largest absolute Gasteiger partial charge is 0.478 e. The van der Waals surface area contributed by atoms with Gasteiger partial charge in [0.1, 0.15) is 11.5 Å². The molecule has 0 aliphatic rings. The number of carbonyl (C=O) groups is 1. The lowest BCUT2D eigenvalue weighted by molar-refractivity contribution is -0.132. The fraction of sp³-hybridized carbons (Fsp3) is 0.0625.